The van der Waals surface area contributed by atoms with Crippen molar-refractivity contribution in [3.63, 3.8) is 0 Å². The van der Waals surface area contributed by atoms with Crippen LogP contribution in [0, 0.1) is 0 Å². The Morgan fingerprint density at radius 1 is 1.57 bits per heavy atom. The van der Waals surface area contributed by atoms with Crippen molar-refractivity contribution < 1.29 is 9.53 Å². The van der Waals surface area contributed by atoms with Gasteiger partial charge in [0.2, 0.25) is 0 Å². The third-order valence-electron chi connectivity index (χ3n) is 1.43. The minimum Gasteiger partial charge on any atom is -0.397 e. The van der Waals surface area contributed by atoms with Crippen LogP contribution < -0.4 is 5.73 Å². The molecular weight excluding hydrogens is 180 g/mol. The largest absolute Gasteiger partial charge is 0.397 e. The third kappa shape index (κ3) is 6.14. The van der Waals surface area contributed by atoms with E-state index in [4.69, 9.17) is 5.73 Å². The number of rotatable bonds is 3. The molecule has 0 saturated carbocycles. The normalized spacial score (nSPS) is 8.71. The molecule has 0 amide bonds. The molecule has 0 bridgehead atoms. The van der Waals surface area contributed by atoms with Gasteiger partial charge in [0.15, 0.2) is 0 Å². The Kier molecular flexibility index (Phi) is 7.36. The van der Waals surface area contributed by atoms with Gasteiger partial charge >= 0.3 is 0 Å². The van der Waals surface area contributed by atoms with Gasteiger partial charge in [-0.25, -0.2) is 0 Å². The van der Waals surface area contributed by atoms with Gasteiger partial charge < -0.3 is 15.3 Å². The van der Waals surface area contributed by atoms with Gasteiger partial charge in [-0.2, -0.15) is 0 Å². The van der Waals surface area contributed by atoms with Gasteiger partial charge in [0.1, 0.15) is 6.29 Å². The van der Waals surface area contributed by atoms with Crippen LogP contribution in [-0.2, 0) is 16.0 Å². The van der Waals surface area contributed by atoms with Gasteiger partial charge in [-0.1, -0.05) is 0 Å². The van der Waals surface area contributed by atoms with E-state index in [1.165, 1.54) is 0 Å². The predicted molar refractivity (Wildman–Crippen MR) is 56.0 cm³/mol. The number of hydrogen-bond acceptors (Lipinski definition) is 4. The molecule has 78 valence electrons. The first-order chi connectivity index (χ1) is 6.74. The van der Waals surface area contributed by atoms with Crippen molar-refractivity contribution in [3.8, 4) is 0 Å². The van der Waals surface area contributed by atoms with Crippen LogP contribution in [0.4, 0.5) is 5.69 Å². The fourth-order valence-corrected chi connectivity index (χ4v) is 0.642. The molecular formula is C10H16N2O2. The Bertz CT molecular complexity index is 245. The van der Waals surface area contributed by atoms with E-state index in [1.807, 2.05) is 6.92 Å². The third-order valence-corrected chi connectivity index (χ3v) is 1.43. The van der Waals surface area contributed by atoms with E-state index in [2.05, 4.69) is 9.72 Å². The number of hydrogen-bond donors (Lipinski definition) is 1. The number of pyridine rings is 1. The van der Waals surface area contributed by atoms with Crippen LogP contribution in [-0.4, -0.2) is 25.0 Å². The number of aromatic nitrogens is 1. The van der Waals surface area contributed by atoms with Crippen LogP contribution in [0.1, 0.15) is 12.6 Å². The molecule has 0 aliphatic rings. The molecule has 4 heteroatoms. The maximum atomic E-state index is 9.99. The monoisotopic (exact) mass is 196 g/mol. The first-order valence-electron chi connectivity index (χ1n) is 4.37. The molecule has 0 aliphatic heterocycles. The summed E-state index contributed by atoms with van der Waals surface area (Å²) in [6.45, 7) is 2.78. The Morgan fingerprint density at radius 3 is 2.57 bits per heavy atom. The second kappa shape index (κ2) is 8.19. The van der Waals surface area contributed by atoms with E-state index >= 15 is 0 Å². The smallest absolute Gasteiger partial charge is 0.125 e. The van der Waals surface area contributed by atoms with Crippen molar-refractivity contribution in [2.75, 3.05) is 19.5 Å². The summed E-state index contributed by atoms with van der Waals surface area (Å²) in [6, 6.07) is 3.47. The highest BCUT2D eigenvalue weighted by molar-refractivity contribution is 5.54. The zero-order chi connectivity index (χ0) is 10.8. The van der Waals surface area contributed by atoms with Crippen molar-refractivity contribution >= 4 is 12.0 Å². The fraction of sp³-hybridized carbons (Fsp3) is 0.400. The number of nitrogens with two attached hydrogens (primary N) is 1. The van der Waals surface area contributed by atoms with Gasteiger partial charge in [0.05, 0.1) is 11.9 Å². The maximum Gasteiger partial charge on any atom is 0.125 e. The number of methoxy groups -OCH3 is 1. The van der Waals surface area contributed by atoms with Gasteiger partial charge in [0.25, 0.3) is 0 Å². The van der Waals surface area contributed by atoms with Crippen molar-refractivity contribution in [3.05, 3.63) is 24.0 Å². The number of ether oxygens (including phenoxy) is 1. The second-order valence-electron chi connectivity index (χ2n) is 2.53. The van der Waals surface area contributed by atoms with Crippen LogP contribution in [0.2, 0.25) is 0 Å². The lowest BCUT2D eigenvalue weighted by molar-refractivity contribution is -0.107. The molecule has 0 fully saturated rings. The zero-order valence-electron chi connectivity index (χ0n) is 8.56. The quantitative estimate of drug-likeness (QED) is 0.734. The van der Waals surface area contributed by atoms with Crippen molar-refractivity contribution in [2.24, 2.45) is 0 Å². The highest BCUT2D eigenvalue weighted by atomic mass is 16.5. The minimum atomic E-state index is 0.361. The van der Waals surface area contributed by atoms with Gasteiger partial charge in [-0.15, -0.1) is 0 Å². The van der Waals surface area contributed by atoms with Crippen molar-refractivity contribution in [1.29, 1.82) is 0 Å². The summed E-state index contributed by atoms with van der Waals surface area (Å²) >= 11 is 0. The molecule has 4 nitrogen and oxygen atoms in total. The molecule has 0 aromatic carbocycles. The summed E-state index contributed by atoms with van der Waals surface area (Å²) in [5.74, 6) is 0. The number of nitrogen functional groups attached to an aromatic ring is 1. The van der Waals surface area contributed by atoms with E-state index in [0.717, 1.165) is 18.6 Å². The molecule has 1 rings (SSSR count). The SMILES string of the molecule is CCOC.Nc1ccc(CC=O)nc1. The summed E-state index contributed by atoms with van der Waals surface area (Å²) in [6.07, 6.45) is 2.72. The van der Waals surface area contributed by atoms with Crippen molar-refractivity contribution in [2.45, 2.75) is 13.3 Å². The molecule has 1 aromatic rings. The number of aldehydes is 1. The summed E-state index contributed by atoms with van der Waals surface area (Å²) in [7, 11) is 1.68. The van der Waals surface area contributed by atoms with Crippen LogP contribution in [0.15, 0.2) is 18.3 Å². The number of anilines is 1. The maximum absolute atomic E-state index is 9.99. The first-order valence-corrected chi connectivity index (χ1v) is 4.37. The van der Waals surface area contributed by atoms with E-state index in [0.29, 0.717) is 12.1 Å². The van der Waals surface area contributed by atoms with Crippen LogP contribution >= 0.6 is 0 Å². The Labute approximate surface area is 84.1 Å². The molecule has 0 radical (unpaired) electrons. The van der Waals surface area contributed by atoms with Gasteiger partial charge in [0, 0.05) is 25.8 Å². The fourth-order valence-electron chi connectivity index (χ4n) is 0.642. The topological polar surface area (TPSA) is 65.2 Å². The van der Waals surface area contributed by atoms with E-state index in [1.54, 1.807) is 25.4 Å². The highest BCUT2D eigenvalue weighted by Gasteiger charge is 1.90. The lowest BCUT2D eigenvalue weighted by Gasteiger charge is -1.93. The number of nitrogens with zero attached hydrogens (tertiary/aromatic N) is 1. The lowest BCUT2D eigenvalue weighted by Crippen LogP contribution is -1.92. The summed E-state index contributed by atoms with van der Waals surface area (Å²) < 4.78 is 4.54. The number of carbonyl (C=O) groups is 1. The standard InChI is InChI=1S/C7H8N2O.C3H8O/c8-6-1-2-7(3-4-10)9-5-6;1-3-4-2/h1-2,4-5H,3,8H2;3H2,1-2H3. The summed E-state index contributed by atoms with van der Waals surface area (Å²) in [5, 5.41) is 0. The summed E-state index contributed by atoms with van der Waals surface area (Å²) in [4.78, 5) is 13.9. The molecule has 1 heterocycles. The van der Waals surface area contributed by atoms with Crippen LogP contribution in [0.5, 0.6) is 0 Å². The van der Waals surface area contributed by atoms with E-state index in [-0.39, 0.29) is 0 Å². The highest BCUT2D eigenvalue weighted by Crippen LogP contribution is 1.99. The second-order valence-corrected chi connectivity index (χ2v) is 2.53. The summed E-state index contributed by atoms with van der Waals surface area (Å²) in [5.41, 5.74) is 6.75. The Balaban J connectivity index is 0.000000364. The Hall–Kier alpha value is -1.42. The molecule has 2 N–H and O–H groups in total. The Morgan fingerprint density at radius 2 is 2.21 bits per heavy atom. The lowest BCUT2D eigenvalue weighted by atomic mass is 10.3. The number of carbonyl (C=O) groups excluding carboxylic acids is 1. The molecule has 0 spiro atoms. The van der Waals surface area contributed by atoms with E-state index < -0.39 is 0 Å². The predicted octanol–water partition coefficient (Wildman–Crippen LogP) is 1.06. The molecule has 14 heavy (non-hydrogen) atoms. The molecule has 0 saturated heterocycles. The average molecular weight is 196 g/mol. The van der Waals surface area contributed by atoms with Gasteiger partial charge in [-0.3, -0.25) is 4.98 Å². The molecule has 0 aliphatic carbocycles. The minimum absolute atomic E-state index is 0.361. The van der Waals surface area contributed by atoms with Crippen LogP contribution in [0.25, 0.3) is 0 Å². The first kappa shape index (κ1) is 12.6. The molecule has 0 atom stereocenters. The average Bonchev–Trinajstić information content (AvgIpc) is 2.22. The molecule has 0 unspecified atom stereocenters. The van der Waals surface area contributed by atoms with E-state index in [9.17, 15) is 4.79 Å². The van der Waals surface area contributed by atoms with Crippen molar-refractivity contribution in [1.82, 2.24) is 4.98 Å². The van der Waals surface area contributed by atoms with Crippen LogP contribution in [0.3, 0.4) is 0 Å². The van der Waals surface area contributed by atoms with Gasteiger partial charge in [-0.05, 0) is 19.1 Å². The molecule has 1 aromatic heterocycles. The zero-order valence-corrected chi connectivity index (χ0v) is 8.56.